The number of aliphatic carboxylic acids is 1. The van der Waals surface area contributed by atoms with Gasteiger partial charge in [0.1, 0.15) is 0 Å². The first-order valence-corrected chi connectivity index (χ1v) is 9.53. The quantitative estimate of drug-likeness (QED) is 0.555. The normalized spacial score (nSPS) is 29.5. The van der Waals surface area contributed by atoms with Gasteiger partial charge in [-0.2, -0.15) is 8.42 Å². The maximum atomic E-state index is 12.7. The van der Waals surface area contributed by atoms with E-state index in [4.69, 9.17) is 0 Å². The summed E-state index contributed by atoms with van der Waals surface area (Å²) in [7, 11) is -4.19. The van der Waals surface area contributed by atoms with E-state index in [0.29, 0.717) is 12.8 Å². The molecule has 138 valence electrons. The van der Waals surface area contributed by atoms with E-state index in [1.165, 1.54) is 24.3 Å². The predicted molar refractivity (Wildman–Crippen MR) is 92.0 cm³/mol. The largest absolute Gasteiger partial charge is 0.481 e. The Morgan fingerprint density at radius 2 is 2.04 bits per heavy atom. The van der Waals surface area contributed by atoms with Crippen LogP contribution >= 0.6 is 0 Å². The van der Waals surface area contributed by atoms with Gasteiger partial charge in [0.05, 0.1) is 16.7 Å². The first-order chi connectivity index (χ1) is 12.3. The van der Waals surface area contributed by atoms with Gasteiger partial charge in [-0.1, -0.05) is 36.4 Å². The summed E-state index contributed by atoms with van der Waals surface area (Å²) in [5, 5.41) is 9.54. The molecule has 1 fully saturated rings. The Morgan fingerprint density at radius 1 is 1.35 bits per heavy atom. The van der Waals surface area contributed by atoms with Crippen molar-refractivity contribution in [3.63, 3.8) is 0 Å². The highest BCUT2D eigenvalue weighted by atomic mass is 32.2. The van der Waals surface area contributed by atoms with E-state index in [2.05, 4.69) is 10.9 Å². The lowest BCUT2D eigenvalue weighted by Crippen LogP contribution is -2.44. The third-order valence-electron chi connectivity index (χ3n) is 5.11. The minimum Gasteiger partial charge on any atom is -0.481 e. The second-order valence-corrected chi connectivity index (χ2v) is 8.16. The Morgan fingerprint density at radius 3 is 2.65 bits per heavy atom. The summed E-state index contributed by atoms with van der Waals surface area (Å²) in [5.41, 5.74) is 1.28. The van der Waals surface area contributed by atoms with E-state index >= 15 is 0 Å². The SMILES string of the molecule is C=CCC12C=CC(C1)C(C(=O)O)C2C(=O)NOS(=O)(=O)c1ccccc1. The smallest absolute Gasteiger partial charge is 0.317 e. The van der Waals surface area contributed by atoms with Crippen molar-refractivity contribution in [3.05, 3.63) is 55.1 Å². The van der Waals surface area contributed by atoms with Gasteiger partial charge in [-0.3, -0.25) is 9.59 Å². The van der Waals surface area contributed by atoms with Crippen molar-refractivity contribution in [1.82, 2.24) is 5.48 Å². The van der Waals surface area contributed by atoms with Gasteiger partial charge in [0.15, 0.2) is 0 Å². The molecule has 2 aliphatic rings. The summed E-state index contributed by atoms with van der Waals surface area (Å²) in [6, 6.07) is 7.37. The van der Waals surface area contributed by atoms with Crippen LogP contribution in [0, 0.1) is 23.2 Å². The highest BCUT2D eigenvalue weighted by molar-refractivity contribution is 7.86. The molecule has 0 aromatic heterocycles. The van der Waals surface area contributed by atoms with Crippen LogP contribution in [0.15, 0.2) is 60.0 Å². The van der Waals surface area contributed by atoms with Gasteiger partial charge >= 0.3 is 16.1 Å². The van der Waals surface area contributed by atoms with Gasteiger partial charge in [0.2, 0.25) is 5.91 Å². The molecular weight excluding hydrogens is 358 g/mol. The lowest BCUT2D eigenvalue weighted by molar-refractivity contribution is -0.150. The number of hydrogen-bond donors (Lipinski definition) is 2. The Kier molecular flexibility index (Phi) is 4.72. The van der Waals surface area contributed by atoms with E-state index in [9.17, 15) is 23.1 Å². The first-order valence-electron chi connectivity index (χ1n) is 8.12. The van der Waals surface area contributed by atoms with Gasteiger partial charge in [-0.25, -0.2) is 5.48 Å². The number of fused-ring (bicyclic) bond motifs is 2. The molecule has 0 spiro atoms. The molecule has 2 aliphatic carbocycles. The first kappa shape index (κ1) is 18.3. The number of carboxylic acid groups (broad SMARTS) is 1. The number of carbonyl (C=O) groups is 2. The van der Waals surface area contributed by atoms with Gasteiger partial charge in [-0.15, -0.1) is 10.9 Å². The number of rotatable bonds is 7. The summed E-state index contributed by atoms with van der Waals surface area (Å²) in [5.74, 6) is -3.97. The maximum Gasteiger partial charge on any atom is 0.317 e. The van der Waals surface area contributed by atoms with E-state index in [1.807, 2.05) is 17.6 Å². The molecule has 7 nitrogen and oxygen atoms in total. The molecule has 2 N–H and O–H groups in total. The molecule has 0 aliphatic heterocycles. The third-order valence-corrected chi connectivity index (χ3v) is 6.26. The van der Waals surface area contributed by atoms with Crippen LogP contribution in [-0.4, -0.2) is 25.4 Å². The number of hydrogen-bond acceptors (Lipinski definition) is 5. The minimum absolute atomic E-state index is 0.108. The molecule has 8 heteroatoms. The molecule has 0 radical (unpaired) electrons. The lowest BCUT2D eigenvalue weighted by atomic mass is 9.71. The second-order valence-electron chi connectivity index (χ2n) is 6.61. The van der Waals surface area contributed by atoms with Gasteiger partial charge in [0, 0.05) is 5.41 Å². The number of allylic oxidation sites excluding steroid dienone is 3. The highest BCUT2D eigenvalue weighted by Crippen LogP contribution is 2.58. The molecule has 1 aromatic rings. The van der Waals surface area contributed by atoms with Crippen molar-refractivity contribution in [2.75, 3.05) is 0 Å². The molecule has 1 saturated carbocycles. The number of nitrogens with one attached hydrogen (secondary N) is 1. The Bertz CT molecular complexity index is 863. The summed E-state index contributed by atoms with van der Waals surface area (Å²) >= 11 is 0. The number of amides is 1. The Balaban J connectivity index is 1.80. The standard InChI is InChI=1S/C18H19NO6S/c1-2-9-18-10-8-12(11-18)14(17(21)22)15(18)16(20)19-25-26(23,24)13-6-4-3-5-7-13/h2-8,10,12,14-15H,1,9,11H2,(H,19,20)(H,21,22). The summed E-state index contributed by atoms with van der Waals surface area (Å²) in [6.07, 6.45) is 6.23. The fourth-order valence-electron chi connectivity index (χ4n) is 4.06. The van der Waals surface area contributed by atoms with Crippen molar-refractivity contribution < 1.29 is 27.4 Å². The highest BCUT2D eigenvalue weighted by Gasteiger charge is 2.60. The van der Waals surface area contributed by atoms with Crippen LogP contribution in [0.5, 0.6) is 0 Å². The molecule has 1 aromatic carbocycles. The van der Waals surface area contributed by atoms with Crippen LogP contribution < -0.4 is 5.48 Å². The zero-order valence-corrected chi connectivity index (χ0v) is 14.7. The van der Waals surface area contributed by atoms with Crippen LogP contribution in [0.3, 0.4) is 0 Å². The van der Waals surface area contributed by atoms with Crippen molar-refractivity contribution in [3.8, 4) is 0 Å². The molecule has 1 amide bonds. The van der Waals surface area contributed by atoms with Crippen molar-refractivity contribution in [2.45, 2.75) is 17.7 Å². The second kappa shape index (κ2) is 6.69. The molecule has 0 saturated heterocycles. The minimum atomic E-state index is -4.19. The lowest BCUT2D eigenvalue weighted by Gasteiger charge is -2.32. The average molecular weight is 377 g/mol. The van der Waals surface area contributed by atoms with Crippen LogP contribution in [0.2, 0.25) is 0 Å². The molecule has 4 unspecified atom stereocenters. The molecular formula is C18H19NO6S. The number of carboxylic acids is 1. The maximum absolute atomic E-state index is 12.7. The molecule has 26 heavy (non-hydrogen) atoms. The van der Waals surface area contributed by atoms with Crippen molar-refractivity contribution in [1.29, 1.82) is 0 Å². The molecule has 4 atom stereocenters. The van der Waals surface area contributed by atoms with Gasteiger partial charge in [-0.05, 0) is 30.9 Å². The predicted octanol–water partition coefficient (Wildman–Crippen LogP) is 1.89. The third kappa shape index (κ3) is 3.06. The molecule has 0 heterocycles. The summed E-state index contributed by atoms with van der Waals surface area (Å²) < 4.78 is 29.0. The number of benzene rings is 1. The van der Waals surface area contributed by atoms with Crippen molar-refractivity contribution in [2.24, 2.45) is 23.2 Å². The van der Waals surface area contributed by atoms with Crippen LogP contribution in [-0.2, 0) is 24.0 Å². The van der Waals surface area contributed by atoms with Crippen LogP contribution in [0.25, 0.3) is 0 Å². The topological polar surface area (TPSA) is 110 Å². The van der Waals surface area contributed by atoms with Crippen molar-refractivity contribution >= 4 is 22.0 Å². The fourth-order valence-corrected chi connectivity index (χ4v) is 4.84. The van der Waals surface area contributed by atoms with Crippen LogP contribution in [0.4, 0.5) is 0 Å². The average Bonchev–Trinajstić information content (AvgIpc) is 3.16. The zero-order valence-electron chi connectivity index (χ0n) is 13.9. The van der Waals surface area contributed by atoms with Gasteiger partial charge < -0.3 is 5.11 Å². The zero-order chi connectivity index (χ0) is 18.9. The summed E-state index contributed by atoms with van der Waals surface area (Å²) in [4.78, 5) is 24.2. The molecule has 2 bridgehead atoms. The monoisotopic (exact) mass is 377 g/mol. The summed E-state index contributed by atoms with van der Waals surface area (Å²) in [6.45, 7) is 3.68. The van der Waals surface area contributed by atoms with E-state index in [1.54, 1.807) is 12.1 Å². The fraction of sp³-hybridized carbons (Fsp3) is 0.333. The van der Waals surface area contributed by atoms with Crippen LogP contribution in [0.1, 0.15) is 12.8 Å². The van der Waals surface area contributed by atoms with E-state index in [-0.39, 0.29) is 10.8 Å². The Labute approximate surface area is 151 Å². The van der Waals surface area contributed by atoms with E-state index < -0.39 is 39.2 Å². The number of hydroxylamine groups is 1. The van der Waals surface area contributed by atoms with E-state index in [0.717, 1.165) is 0 Å². The molecule has 3 rings (SSSR count). The number of carbonyl (C=O) groups excluding carboxylic acids is 1. The Hall–Kier alpha value is -2.45. The van der Waals surface area contributed by atoms with Gasteiger partial charge in [0.25, 0.3) is 0 Å².